The summed E-state index contributed by atoms with van der Waals surface area (Å²) in [6.07, 6.45) is 3.70. The maximum atomic E-state index is 15.9. The summed E-state index contributed by atoms with van der Waals surface area (Å²) in [4.78, 5) is 14.5. The quantitative estimate of drug-likeness (QED) is 0.176. The van der Waals surface area contributed by atoms with Crippen LogP contribution in [0.4, 0.5) is 14.9 Å². The molecule has 2 N–H and O–H groups in total. The van der Waals surface area contributed by atoms with Gasteiger partial charge in [-0.3, -0.25) is 0 Å². The van der Waals surface area contributed by atoms with Gasteiger partial charge in [0.1, 0.15) is 16.6 Å². The van der Waals surface area contributed by atoms with E-state index in [4.69, 9.17) is 9.10 Å². The van der Waals surface area contributed by atoms with E-state index in [1.54, 1.807) is 4.68 Å². The topological polar surface area (TPSA) is 97.6 Å². The number of alkyl halides is 1. The van der Waals surface area contributed by atoms with Crippen molar-refractivity contribution < 1.29 is 18.1 Å². The summed E-state index contributed by atoms with van der Waals surface area (Å²) in [6.45, 7) is 3.04. The van der Waals surface area contributed by atoms with Crippen molar-refractivity contribution in [1.29, 1.82) is 0 Å². The fraction of sp³-hybridized carbons (Fsp3) is 0.282. The third-order valence-electron chi connectivity index (χ3n) is 9.82. The molecule has 0 bridgehead atoms. The standard InChI is InChI=1S/C39H38FN5O3S/c1-26-24-45-37(48-25-26)35(23-41-45)49(47,43-38(46)42-36-33-19-11-12-27(33)20-28-21-32(40)22-34(28)36)44-39(29-13-5-2-6-14-29,30-15-7-3-8-16-30)31-17-9-4-10-18-31/h2-10,13-18,20,23,26,32H,11-12,19,21-22,24-25H2,1H3,(H2,42,43,44,46,47)/t26-,32-,49-/m0/s1. The number of amides is 2. The number of aryl methyl sites for hydroxylation is 1. The Balaban J connectivity index is 1.34. The molecule has 250 valence electrons. The van der Waals surface area contributed by atoms with E-state index in [0.29, 0.717) is 31.1 Å². The SMILES string of the molecule is C[C@@H]1COc2c([S@@](=O)(=NC(c3ccccc3)(c3ccccc3)c3ccccc3)NC(=O)Nc3c4c(cc5c3C[C@@H](F)C5)CCC4)cnn2C1. The number of fused-ring (bicyclic) bond motifs is 3. The number of rotatable bonds is 7. The highest BCUT2D eigenvalue weighted by molar-refractivity contribution is 7.92. The molecule has 0 fully saturated rings. The first-order valence-corrected chi connectivity index (χ1v) is 18.4. The average molecular weight is 676 g/mol. The average Bonchev–Trinajstić information content (AvgIpc) is 3.86. The van der Waals surface area contributed by atoms with Crippen LogP contribution in [0.1, 0.15) is 52.3 Å². The maximum absolute atomic E-state index is 15.9. The molecule has 2 aliphatic carbocycles. The summed E-state index contributed by atoms with van der Waals surface area (Å²) in [6, 6.07) is 30.5. The summed E-state index contributed by atoms with van der Waals surface area (Å²) >= 11 is 0. The second-order valence-corrected chi connectivity index (χ2v) is 15.2. The van der Waals surface area contributed by atoms with Crippen LogP contribution in [0.25, 0.3) is 0 Å². The number of hydrogen-bond donors (Lipinski definition) is 2. The predicted octanol–water partition coefficient (Wildman–Crippen LogP) is 7.39. The van der Waals surface area contributed by atoms with E-state index < -0.39 is 27.7 Å². The summed E-state index contributed by atoms with van der Waals surface area (Å²) in [5, 5.41) is 7.60. The lowest BCUT2D eigenvalue weighted by Gasteiger charge is -2.33. The van der Waals surface area contributed by atoms with Gasteiger partial charge in [-0.05, 0) is 58.2 Å². The molecule has 4 aromatic carbocycles. The largest absolute Gasteiger partial charge is 0.477 e. The number of nitrogens with zero attached hydrogens (tertiary/aromatic N) is 3. The van der Waals surface area contributed by atoms with Crippen LogP contribution in [-0.2, 0) is 47.7 Å². The molecule has 3 atom stereocenters. The Bertz CT molecular complexity index is 2050. The molecule has 1 aliphatic heterocycles. The number of aromatic nitrogens is 2. The Kier molecular flexibility index (Phi) is 7.98. The van der Waals surface area contributed by atoms with Crippen molar-refractivity contribution in [2.24, 2.45) is 10.3 Å². The van der Waals surface area contributed by atoms with Crippen molar-refractivity contribution in [2.75, 3.05) is 11.9 Å². The second-order valence-electron chi connectivity index (χ2n) is 13.3. The van der Waals surface area contributed by atoms with E-state index in [9.17, 15) is 9.18 Å². The first-order chi connectivity index (χ1) is 23.8. The van der Waals surface area contributed by atoms with Gasteiger partial charge >= 0.3 is 6.03 Å². The zero-order valence-electron chi connectivity index (χ0n) is 27.3. The predicted molar refractivity (Wildman–Crippen MR) is 188 cm³/mol. The monoisotopic (exact) mass is 675 g/mol. The molecule has 10 heteroatoms. The number of halogens is 1. The fourth-order valence-corrected chi connectivity index (χ4v) is 9.47. The third kappa shape index (κ3) is 5.57. The minimum Gasteiger partial charge on any atom is -0.477 e. The summed E-state index contributed by atoms with van der Waals surface area (Å²) in [5.74, 6) is 0.514. The number of nitrogens with one attached hydrogen (secondary N) is 2. The van der Waals surface area contributed by atoms with Crippen molar-refractivity contribution in [2.45, 2.75) is 62.2 Å². The molecule has 8 rings (SSSR count). The van der Waals surface area contributed by atoms with Crippen molar-refractivity contribution in [3.8, 4) is 5.88 Å². The van der Waals surface area contributed by atoms with E-state index in [1.165, 1.54) is 6.20 Å². The van der Waals surface area contributed by atoms with Crippen LogP contribution in [-0.4, -0.2) is 32.8 Å². The van der Waals surface area contributed by atoms with Crippen LogP contribution in [0.5, 0.6) is 5.88 Å². The van der Waals surface area contributed by atoms with Gasteiger partial charge in [0.05, 0.1) is 19.3 Å². The van der Waals surface area contributed by atoms with Gasteiger partial charge in [0.25, 0.3) is 0 Å². The minimum atomic E-state index is -3.86. The Morgan fingerprint density at radius 1 is 0.918 bits per heavy atom. The molecule has 5 aromatic rings. The molecule has 49 heavy (non-hydrogen) atoms. The molecule has 8 nitrogen and oxygen atoms in total. The van der Waals surface area contributed by atoms with Crippen molar-refractivity contribution in [3.05, 3.63) is 142 Å². The Morgan fingerprint density at radius 3 is 2.18 bits per heavy atom. The van der Waals surface area contributed by atoms with E-state index in [-0.39, 0.29) is 17.2 Å². The number of anilines is 1. The van der Waals surface area contributed by atoms with Crippen molar-refractivity contribution in [1.82, 2.24) is 14.5 Å². The van der Waals surface area contributed by atoms with Crippen LogP contribution in [0, 0.1) is 5.92 Å². The van der Waals surface area contributed by atoms with Gasteiger partial charge in [-0.25, -0.2) is 22.8 Å². The van der Waals surface area contributed by atoms with Crippen molar-refractivity contribution >= 4 is 21.6 Å². The summed E-state index contributed by atoms with van der Waals surface area (Å²) < 4.78 is 46.7. The molecule has 0 spiro atoms. The molecule has 3 aliphatic rings. The molecular formula is C39H38FN5O3S. The summed E-state index contributed by atoms with van der Waals surface area (Å²) in [7, 11) is -3.86. The highest BCUT2D eigenvalue weighted by atomic mass is 32.2. The van der Waals surface area contributed by atoms with E-state index in [0.717, 1.165) is 58.2 Å². The maximum Gasteiger partial charge on any atom is 0.331 e. The zero-order chi connectivity index (χ0) is 33.6. The van der Waals surface area contributed by atoms with E-state index >= 15 is 4.21 Å². The Morgan fingerprint density at radius 2 is 1.55 bits per heavy atom. The fourth-order valence-electron chi connectivity index (χ4n) is 7.62. The Labute approximate surface area is 286 Å². The molecule has 2 amide bonds. The molecule has 1 aromatic heterocycles. The van der Waals surface area contributed by atoms with Gasteiger partial charge < -0.3 is 10.1 Å². The van der Waals surface area contributed by atoms with Crippen LogP contribution in [0.15, 0.2) is 113 Å². The van der Waals surface area contributed by atoms with Gasteiger partial charge in [0.2, 0.25) is 5.88 Å². The zero-order valence-corrected chi connectivity index (χ0v) is 28.1. The number of benzene rings is 4. The molecular weight excluding hydrogens is 638 g/mol. The Hall–Kier alpha value is -4.96. The third-order valence-corrected chi connectivity index (χ3v) is 11.7. The highest BCUT2D eigenvalue weighted by Crippen LogP contribution is 2.44. The van der Waals surface area contributed by atoms with Gasteiger partial charge in [0.15, 0.2) is 9.92 Å². The van der Waals surface area contributed by atoms with E-state index in [2.05, 4.69) is 28.1 Å². The number of hydrogen-bond acceptors (Lipinski definition) is 5. The number of carbonyl (C=O) groups excluding carboxylic acids is 1. The molecule has 2 heterocycles. The smallest absolute Gasteiger partial charge is 0.331 e. The van der Waals surface area contributed by atoms with Gasteiger partial charge in [0, 0.05) is 24.4 Å². The number of carbonyl (C=O) groups is 1. The van der Waals surface area contributed by atoms with Crippen LogP contribution >= 0.6 is 0 Å². The molecule has 0 radical (unpaired) electrons. The number of urea groups is 1. The molecule has 0 saturated carbocycles. The summed E-state index contributed by atoms with van der Waals surface area (Å²) in [5.41, 5.74) is 5.53. The van der Waals surface area contributed by atoms with Gasteiger partial charge in [-0.15, -0.1) is 0 Å². The van der Waals surface area contributed by atoms with Crippen LogP contribution in [0.2, 0.25) is 0 Å². The van der Waals surface area contributed by atoms with Crippen molar-refractivity contribution in [3.63, 3.8) is 0 Å². The normalized spacial score (nSPS) is 19.1. The van der Waals surface area contributed by atoms with Crippen LogP contribution < -0.4 is 14.8 Å². The first kappa shape index (κ1) is 31.3. The molecule has 0 unspecified atom stereocenters. The van der Waals surface area contributed by atoms with Crippen LogP contribution in [0.3, 0.4) is 0 Å². The first-order valence-electron chi connectivity index (χ1n) is 16.9. The lowest BCUT2D eigenvalue weighted by molar-refractivity contribution is 0.170. The second kappa shape index (κ2) is 12.5. The minimum absolute atomic E-state index is 0.189. The van der Waals surface area contributed by atoms with E-state index in [1.807, 2.05) is 91.0 Å². The number of ether oxygens (including phenoxy) is 1. The molecule has 0 saturated heterocycles. The van der Waals surface area contributed by atoms with Gasteiger partial charge in [-0.1, -0.05) is 104 Å². The lowest BCUT2D eigenvalue weighted by Crippen LogP contribution is -2.38. The van der Waals surface area contributed by atoms with Gasteiger partial charge in [-0.2, -0.15) is 9.46 Å². The lowest BCUT2D eigenvalue weighted by atomic mass is 9.78. The highest BCUT2D eigenvalue weighted by Gasteiger charge is 2.41.